The number of hydrazine groups is 1. The van der Waals surface area contributed by atoms with Crippen molar-refractivity contribution in [1.29, 1.82) is 0 Å². The molecule has 19 heavy (non-hydrogen) atoms. The molecule has 0 aromatic heterocycles. The van der Waals surface area contributed by atoms with Gasteiger partial charge in [0.25, 0.3) is 0 Å². The summed E-state index contributed by atoms with van der Waals surface area (Å²) in [6.45, 7) is 0.717. The molecule has 0 spiro atoms. The number of rotatable bonds is 3. The normalized spacial score (nSPS) is 20.1. The molecule has 1 aromatic rings. The number of benzene rings is 1. The third-order valence-corrected chi connectivity index (χ3v) is 2.98. The maximum Gasteiger partial charge on any atom is 0.416 e. The van der Waals surface area contributed by atoms with Crippen molar-refractivity contribution in [3.63, 3.8) is 0 Å². The average molecular weight is 273 g/mol. The lowest BCUT2D eigenvalue weighted by molar-refractivity contribution is -0.137. The van der Waals surface area contributed by atoms with E-state index in [1.165, 1.54) is 17.1 Å². The first-order chi connectivity index (χ1) is 8.91. The molecule has 0 aliphatic carbocycles. The summed E-state index contributed by atoms with van der Waals surface area (Å²) < 4.78 is 37.3. The minimum Gasteiger partial charge on any atom is -0.329 e. The van der Waals surface area contributed by atoms with Crippen molar-refractivity contribution in [2.45, 2.75) is 18.6 Å². The smallest absolute Gasteiger partial charge is 0.329 e. The van der Waals surface area contributed by atoms with Gasteiger partial charge in [0.1, 0.15) is 0 Å². The molecule has 0 radical (unpaired) electrons. The van der Waals surface area contributed by atoms with E-state index in [4.69, 9.17) is 5.73 Å². The van der Waals surface area contributed by atoms with E-state index >= 15 is 0 Å². The number of hydrogen-bond donors (Lipinski definition) is 2. The topological polar surface area (TPSA) is 58.4 Å². The molecule has 0 bridgehead atoms. The van der Waals surface area contributed by atoms with Crippen molar-refractivity contribution in [3.8, 4) is 0 Å². The standard InChI is InChI=1S/C12H14F3N3O/c13-12(14,15)9-3-1-8(2-4-9)10-7-11(19)18(17-10)6-5-16/h1-4,10,17H,5-7,16H2. The third kappa shape index (κ3) is 3.05. The number of halogens is 3. The van der Waals surface area contributed by atoms with Crippen molar-refractivity contribution in [3.05, 3.63) is 35.4 Å². The maximum absolute atomic E-state index is 12.4. The predicted molar refractivity (Wildman–Crippen MR) is 62.7 cm³/mol. The molecule has 4 nitrogen and oxygen atoms in total. The Kier molecular flexibility index (Phi) is 3.77. The van der Waals surface area contributed by atoms with E-state index in [2.05, 4.69) is 5.43 Å². The Hall–Kier alpha value is -1.60. The second kappa shape index (κ2) is 5.18. The Bertz CT molecular complexity index is 458. The highest BCUT2D eigenvalue weighted by atomic mass is 19.4. The number of nitrogens with zero attached hydrogens (tertiary/aromatic N) is 1. The Labute approximate surface area is 108 Å². The molecule has 1 atom stereocenters. The lowest BCUT2D eigenvalue weighted by atomic mass is 10.0. The molecule has 104 valence electrons. The van der Waals surface area contributed by atoms with E-state index in [0.29, 0.717) is 18.7 Å². The van der Waals surface area contributed by atoms with Gasteiger partial charge in [-0.05, 0) is 17.7 Å². The second-order valence-electron chi connectivity index (χ2n) is 4.34. The van der Waals surface area contributed by atoms with Gasteiger partial charge in [0.05, 0.1) is 11.6 Å². The van der Waals surface area contributed by atoms with Crippen LogP contribution in [0.3, 0.4) is 0 Å². The summed E-state index contributed by atoms with van der Waals surface area (Å²) in [5, 5.41) is 1.41. The van der Waals surface area contributed by atoms with Crippen molar-refractivity contribution in [2.24, 2.45) is 5.73 Å². The van der Waals surface area contributed by atoms with Crippen molar-refractivity contribution in [2.75, 3.05) is 13.1 Å². The van der Waals surface area contributed by atoms with Crippen LogP contribution in [-0.2, 0) is 11.0 Å². The number of carbonyl (C=O) groups is 1. The van der Waals surface area contributed by atoms with Crippen LogP contribution in [0.25, 0.3) is 0 Å². The lowest BCUT2D eigenvalue weighted by Gasteiger charge is -2.17. The molecule has 1 unspecified atom stereocenters. The lowest BCUT2D eigenvalue weighted by Crippen LogP contribution is -2.38. The van der Waals surface area contributed by atoms with E-state index in [9.17, 15) is 18.0 Å². The molecule has 1 amide bonds. The summed E-state index contributed by atoms with van der Waals surface area (Å²) in [4.78, 5) is 11.6. The first-order valence-corrected chi connectivity index (χ1v) is 5.85. The van der Waals surface area contributed by atoms with Gasteiger partial charge < -0.3 is 5.73 Å². The van der Waals surface area contributed by atoms with Gasteiger partial charge in [-0.2, -0.15) is 13.2 Å². The Morgan fingerprint density at radius 1 is 1.32 bits per heavy atom. The SMILES string of the molecule is NCCN1NC(c2ccc(C(F)(F)F)cc2)CC1=O. The first kappa shape index (κ1) is 13.8. The van der Waals surface area contributed by atoms with Crippen LogP contribution in [0.1, 0.15) is 23.6 Å². The largest absolute Gasteiger partial charge is 0.416 e. The zero-order chi connectivity index (χ0) is 14.0. The van der Waals surface area contributed by atoms with Crippen LogP contribution >= 0.6 is 0 Å². The molecule has 7 heteroatoms. The summed E-state index contributed by atoms with van der Waals surface area (Å²) in [6.07, 6.45) is -4.12. The Balaban J connectivity index is 2.10. The Morgan fingerprint density at radius 3 is 2.47 bits per heavy atom. The number of hydrogen-bond acceptors (Lipinski definition) is 3. The average Bonchev–Trinajstić information content (AvgIpc) is 2.71. The molecular weight excluding hydrogens is 259 g/mol. The predicted octanol–water partition coefficient (Wildman–Crippen LogP) is 1.44. The van der Waals surface area contributed by atoms with Crippen molar-refractivity contribution in [1.82, 2.24) is 10.4 Å². The maximum atomic E-state index is 12.4. The highest BCUT2D eigenvalue weighted by molar-refractivity contribution is 5.78. The third-order valence-electron chi connectivity index (χ3n) is 2.98. The van der Waals surface area contributed by atoms with Crippen LogP contribution in [0.2, 0.25) is 0 Å². The number of nitrogens with two attached hydrogens (primary N) is 1. The van der Waals surface area contributed by atoms with E-state index in [1.807, 2.05) is 0 Å². The molecule has 3 N–H and O–H groups in total. The van der Waals surface area contributed by atoms with Crippen LogP contribution in [0, 0.1) is 0 Å². The monoisotopic (exact) mass is 273 g/mol. The van der Waals surface area contributed by atoms with Crippen LogP contribution in [0.5, 0.6) is 0 Å². The van der Waals surface area contributed by atoms with Crippen LogP contribution in [-0.4, -0.2) is 24.0 Å². The molecular formula is C12H14F3N3O. The molecule has 1 aliphatic rings. The zero-order valence-electron chi connectivity index (χ0n) is 10.1. The van der Waals surface area contributed by atoms with Gasteiger partial charge >= 0.3 is 6.18 Å². The summed E-state index contributed by atoms with van der Waals surface area (Å²) in [6, 6.07) is 4.53. The highest BCUT2D eigenvalue weighted by Crippen LogP contribution is 2.31. The zero-order valence-corrected chi connectivity index (χ0v) is 10.1. The van der Waals surface area contributed by atoms with Gasteiger partial charge in [-0.3, -0.25) is 9.80 Å². The quantitative estimate of drug-likeness (QED) is 0.876. The van der Waals surface area contributed by atoms with Gasteiger partial charge in [-0.15, -0.1) is 0 Å². The minimum absolute atomic E-state index is 0.102. The summed E-state index contributed by atoms with van der Waals surface area (Å²) in [5.74, 6) is -0.102. The highest BCUT2D eigenvalue weighted by Gasteiger charge is 2.32. The molecule has 1 saturated heterocycles. The van der Waals surface area contributed by atoms with Crippen LogP contribution in [0.4, 0.5) is 13.2 Å². The summed E-state index contributed by atoms with van der Waals surface area (Å²) in [7, 11) is 0. The molecule has 1 fully saturated rings. The van der Waals surface area contributed by atoms with E-state index in [-0.39, 0.29) is 18.4 Å². The van der Waals surface area contributed by atoms with E-state index in [0.717, 1.165) is 12.1 Å². The molecule has 0 saturated carbocycles. The van der Waals surface area contributed by atoms with Crippen LogP contribution in [0.15, 0.2) is 24.3 Å². The molecule has 2 rings (SSSR count). The minimum atomic E-state index is -4.34. The van der Waals surface area contributed by atoms with Gasteiger partial charge in [-0.1, -0.05) is 12.1 Å². The Morgan fingerprint density at radius 2 is 1.95 bits per heavy atom. The molecule has 1 aliphatic heterocycles. The van der Waals surface area contributed by atoms with Crippen molar-refractivity contribution < 1.29 is 18.0 Å². The first-order valence-electron chi connectivity index (χ1n) is 5.85. The summed E-state index contributed by atoms with van der Waals surface area (Å²) in [5.41, 5.74) is 8.26. The van der Waals surface area contributed by atoms with E-state index in [1.54, 1.807) is 0 Å². The fraction of sp³-hybridized carbons (Fsp3) is 0.417. The van der Waals surface area contributed by atoms with Gasteiger partial charge in [0, 0.05) is 19.5 Å². The number of carbonyl (C=O) groups excluding carboxylic acids is 1. The number of alkyl halides is 3. The van der Waals surface area contributed by atoms with E-state index < -0.39 is 11.7 Å². The number of nitrogens with one attached hydrogen (secondary N) is 1. The van der Waals surface area contributed by atoms with Gasteiger partial charge in [0.2, 0.25) is 5.91 Å². The second-order valence-corrected chi connectivity index (χ2v) is 4.34. The van der Waals surface area contributed by atoms with Crippen LogP contribution < -0.4 is 11.2 Å². The number of amides is 1. The van der Waals surface area contributed by atoms with Crippen molar-refractivity contribution >= 4 is 5.91 Å². The fourth-order valence-electron chi connectivity index (χ4n) is 2.01. The van der Waals surface area contributed by atoms with Gasteiger partial charge in [-0.25, -0.2) is 5.43 Å². The van der Waals surface area contributed by atoms with Gasteiger partial charge in [0.15, 0.2) is 0 Å². The summed E-state index contributed by atoms with van der Waals surface area (Å²) >= 11 is 0. The molecule has 1 aromatic carbocycles. The molecule has 1 heterocycles. The fourth-order valence-corrected chi connectivity index (χ4v) is 2.01.